The van der Waals surface area contributed by atoms with E-state index in [-0.39, 0.29) is 27.2 Å². The molecule has 2 aromatic rings. The summed E-state index contributed by atoms with van der Waals surface area (Å²) in [5.41, 5.74) is -3.73. The zero-order valence-corrected chi connectivity index (χ0v) is 11.9. The number of hydrogen-bond acceptors (Lipinski definition) is 3. The van der Waals surface area contributed by atoms with Crippen LogP contribution in [0.5, 0.6) is 0 Å². The molecule has 21 heavy (non-hydrogen) atoms. The Labute approximate surface area is 127 Å². The van der Waals surface area contributed by atoms with Gasteiger partial charge in [-0.15, -0.1) is 0 Å². The van der Waals surface area contributed by atoms with Gasteiger partial charge in [0.1, 0.15) is 0 Å². The minimum atomic E-state index is -4.34. The topological polar surface area (TPSA) is 42.0 Å². The molecule has 0 aliphatic carbocycles. The summed E-state index contributed by atoms with van der Waals surface area (Å²) in [4.78, 5) is 15.7. The van der Waals surface area contributed by atoms with Crippen LogP contribution in [0, 0.1) is 0 Å². The van der Waals surface area contributed by atoms with Crippen molar-refractivity contribution in [2.75, 3.05) is 5.32 Å². The Morgan fingerprint density at radius 2 is 1.86 bits per heavy atom. The lowest BCUT2D eigenvalue weighted by Gasteiger charge is -2.08. The molecule has 0 unspecified atom stereocenters. The standard InChI is InChI=1S/C13H8ClF3N2OS/c14-11-7-18-6-5-10(11)12(20)19-8-1-3-9(4-2-8)21-13(15,16)17/h1-7H,(H,19,20). The molecule has 8 heteroatoms. The second kappa shape index (κ2) is 6.36. The molecule has 0 fully saturated rings. The molecule has 2 rings (SSSR count). The number of amides is 1. The number of benzene rings is 1. The van der Waals surface area contributed by atoms with Crippen molar-refractivity contribution < 1.29 is 18.0 Å². The molecule has 3 nitrogen and oxygen atoms in total. The van der Waals surface area contributed by atoms with Crippen LogP contribution in [0.1, 0.15) is 10.4 Å². The summed E-state index contributed by atoms with van der Waals surface area (Å²) in [5.74, 6) is -0.460. The van der Waals surface area contributed by atoms with Crippen LogP contribution in [0.25, 0.3) is 0 Å². The number of rotatable bonds is 3. The molecule has 1 amide bonds. The van der Waals surface area contributed by atoms with Gasteiger partial charge in [-0.3, -0.25) is 9.78 Å². The maximum Gasteiger partial charge on any atom is 0.446 e. The molecule has 0 aliphatic heterocycles. The van der Waals surface area contributed by atoms with Gasteiger partial charge in [0, 0.05) is 23.0 Å². The van der Waals surface area contributed by atoms with Gasteiger partial charge >= 0.3 is 5.51 Å². The van der Waals surface area contributed by atoms with Gasteiger partial charge in [-0.25, -0.2) is 0 Å². The fourth-order valence-corrected chi connectivity index (χ4v) is 2.24. The van der Waals surface area contributed by atoms with Crippen LogP contribution in [0.15, 0.2) is 47.6 Å². The maximum absolute atomic E-state index is 12.2. The number of nitrogens with one attached hydrogen (secondary N) is 1. The van der Waals surface area contributed by atoms with Gasteiger partial charge in [0.25, 0.3) is 5.91 Å². The van der Waals surface area contributed by atoms with E-state index in [4.69, 9.17) is 11.6 Å². The van der Waals surface area contributed by atoms with Gasteiger partial charge in [0.05, 0.1) is 10.6 Å². The minimum absolute atomic E-state index is 0.0439. The van der Waals surface area contributed by atoms with Crippen LogP contribution in [0.3, 0.4) is 0 Å². The number of aromatic nitrogens is 1. The Morgan fingerprint density at radius 1 is 1.19 bits per heavy atom. The Morgan fingerprint density at radius 3 is 2.43 bits per heavy atom. The highest BCUT2D eigenvalue weighted by atomic mass is 35.5. The average molecular weight is 333 g/mol. The molecular weight excluding hydrogens is 325 g/mol. The SMILES string of the molecule is O=C(Nc1ccc(SC(F)(F)F)cc1)c1ccncc1Cl. The summed E-state index contributed by atoms with van der Waals surface area (Å²) < 4.78 is 36.6. The van der Waals surface area contributed by atoms with E-state index >= 15 is 0 Å². The summed E-state index contributed by atoms with van der Waals surface area (Å²) in [6.07, 6.45) is 2.75. The number of alkyl halides is 3. The molecule has 0 aliphatic rings. The highest BCUT2D eigenvalue weighted by Gasteiger charge is 2.29. The van der Waals surface area contributed by atoms with E-state index in [0.29, 0.717) is 5.69 Å². The van der Waals surface area contributed by atoms with E-state index in [0.717, 1.165) is 0 Å². The number of carbonyl (C=O) groups is 1. The van der Waals surface area contributed by atoms with E-state index in [1.54, 1.807) is 0 Å². The molecule has 0 saturated heterocycles. The molecule has 0 radical (unpaired) electrons. The smallest absolute Gasteiger partial charge is 0.322 e. The molecule has 0 spiro atoms. The quantitative estimate of drug-likeness (QED) is 0.835. The summed E-state index contributed by atoms with van der Waals surface area (Å²) in [5, 5.41) is 2.74. The highest BCUT2D eigenvalue weighted by molar-refractivity contribution is 8.00. The normalized spacial score (nSPS) is 11.2. The van der Waals surface area contributed by atoms with Crippen molar-refractivity contribution in [1.82, 2.24) is 4.98 Å². The van der Waals surface area contributed by atoms with E-state index in [9.17, 15) is 18.0 Å². The number of anilines is 1. The van der Waals surface area contributed by atoms with Crippen molar-refractivity contribution in [3.63, 3.8) is 0 Å². The Hall–Kier alpha value is -1.73. The molecule has 1 heterocycles. The molecule has 1 N–H and O–H groups in total. The van der Waals surface area contributed by atoms with E-state index < -0.39 is 11.4 Å². The Balaban J connectivity index is 2.07. The van der Waals surface area contributed by atoms with E-state index in [2.05, 4.69) is 10.3 Å². The largest absolute Gasteiger partial charge is 0.446 e. The van der Waals surface area contributed by atoms with Crippen molar-refractivity contribution in [2.45, 2.75) is 10.4 Å². The molecule has 1 aromatic heterocycles. The van der Waals surface area contributed by atoms with Crippen LogP contribution in [0.4, 0.5) is 18.9 Å². The van der Waals surface area contributed by atoms with Crippen LogP contribution in [0.2, 0.25) is 5.02 Å². The zero-order chi connectivity index (χ0) is 15.5. The highest BCUT2D eigenvalue weighted by Crippen LogP contribution is 2.37. The average Bonchev–Trinajstić information content (AvgIpc) is 2.40. The number of halogens is 4. The van der Waals surface area contributed by atoms with Crippen molar-refractivity contribution in [1.29, 1.82) is 0 Å². The first-order valence-corrected chi connectivity index (χ1v) is 6.81. The number of nitrogens with zero attached hydrogens (tertiary/aromatic N) is 1. The van der Waals surface area contributed by atoms with Crippen LogP contribution in [-0.4, -0.2) is 16.4 Å². The third-order valence-electron chi connectivity index (χ3n) is 2.36. The third-order valence-corrected chi connectivity index (χ3v) is 3.40. The second-order valence-electron chi connectivity index (χ2n) is 3.88. The number of hydrogen-bond donors (Lipinski definition) is 1. The Kier molecular flexibility index (Phi) is 4.74. The second-order valence-corrected chi connectivity index (χ2v) is 5.43. The van der Waals surface area contributed by atoms with Gasteiger partial charge in [-0.2, -0.15) is 13.2 Å². The van der Waals surface area contributed by atoms with Gasteiger partial charge < -0.3 is 5.32 Å². The predicted molar refractivity (Wildman–Crippen MR) is 75.6 cm³/mol. The van der Waals surface area contributed by atoms with Gasteiger partial charge in [0.2, 0.25) is 0 Å². The van der Waals surface area contributed by atoms with E-state index in [1.807, 2.05) is 0 Å². The number of carbonyl (C=O) groups excluding carboxylic acids is 1. The molecule has 0 atom stereocenters. The number of thioether (sulfide) groups is 1. The minimum Gasteiger partial charge on any atom is -0.322 e. The summed E-state index contributed by atoms with van der Waals surface area (Å²) >= 11 is 5.62. The lowest BCUT2D eigenvalue weighted by atomic mass is 10.2. The molecule has 1 aromatic carbocycles. The predicted octanol–water partition coefficient (Wildman–Crippen LogP) is 4.60. The fraction of sp³-hybridized carbons (Fsp3) is 0.0769. The van der Waals surface area contributed by atoms with Gasteiger partial charge in [-0.1, -0.05) is 11.6 Å². The van der Waals surface area contributed by atoms with Gasteiger partial charge in [0.15, 0.2) is 0 Å². The summed E-state index contributed by atoms with van der Waals surface area (Å²) in [7, 11) is 0. The first kappa shape index (κ1) is 15.7. The van der Waals surface area contributed by atoms with Crippen LogP contribution >= 0.6 is 23.4 Å². The Bertz CT molecular complexity index is 647. The van der Waals surface area contributed by atoms with Crippen molar-refractivity contribution in [3.05, 3.63) is 53.3 Å². The van der Waals surface area contributed by atoms with Crippen LogP contribution in [-0.2, 0) is 0 Å². The molecule has 0 saturated carbocycles. The van der Waals surface area contributed by atoms with Crippen molar-refractivity contribution in [3.8, 4) is 0 Å². The fourth-order valence-electron chi connectivity index (χ4n) is 1.50. The van der Waals surface area contributed by atoms with Crippen LogP contribution < -0.4 is 5.32 Å². The van der Waals surface area contributed by atoms with Crippen molar-refractivity contribution >= 4 is 35.0 Å². The first-order chi connectivity index (χ1) is 9.85. The van der Waals surface area contributed by atoms with Gasteiger partial charge in [-0.05, 0) is 42.1 Å². The number of pyridine rings is 1. The van der Waals surface area contributed by atoms with Crippen molar-refractivity contribution in [2.24, 2.45) is 0 Å². The monoisotopic (exact) mass is 332 g/mol. The summed E-state index contributed by atoms with van der Waals surface area (Å²) in [6.45, 7) is 0. The molecule has 0 bridgehead atoms. The zero-order valence-electron chi connectivity index (χ0n) is 10.3. The third kappa shape index (κ3) is 4.64. The molecular formula is C13H8ClF3N2OS. The lowest BCUT2D eigenvalue weighted by Crippen LogP contribution is -2.12. The first-order valence-electron chi connectivity index (χ1n) is 5.62. The van der Waals surface area contributed by atoms with E-state index in [1.165, 1.54) is 42.7 Å². The maximum atomic E-state index is 12.2. The summed E-state index contributed by atoms with van der Waals surface area (Å²) in [6, 6.07) is 6.79. The molecule has 110 valence electrons. The lowest BCUT2D eigenvalue weighted by molar-refractivity contribution is -0.0328.